The third-order valence-corrected chi connectivity index (χ3v) is 5.11. The van der Waals surface area contributed by atoms with Crippen LogP contribution in [0.4, 0.5) is 0 Å². The van der Waals surface area contributed by atoms with Gasteiger partial charge in [-0.05, 0) is 47.9 Å². The summed E-state index contributed by atoms with van der Waals surface area (Å²) in [6, 6.07) is 20.9. The fraction of sp³-hybridized carbons (Fsp3) is 0.100. The Hall–Kier alpha value is -2.99. The highest BCUT2D eigenvalue weighted by molar-refractivity contribution is 7.84. The molecule has 0 aliphatic rings. The number of phenolic OH excluding ortho intramolecular Hbond substituents is 1. The van der Waals surface area contributed by atoms with Crippen LogP contribution in [0, 0.1) is 0 Å². The summed E-state index contributed by atoms with van der Waals surface area (Å²) in [5.41, 5.74) is 4.10. The highest BCUT2D eigenvalue weighted by Crippen LogP contribution is 2.25. The molecule has 5 nitrogen and oxygen atoms in total. The Balaban J connectivity index is 1.73. The maximum absolute atomic E-state index is 11.7. The smallest absolute Gasteiger partial charge is 0.143 e. The molecule has 0 saturated carbocycles. The predicted molar refractivity (Wildman–Crippen MR) is 102 cm³/mol. The quantitative estimate of drug-likeness (QED) is 0.603. The molecule has 6 heteroatoms. The number of aromatic nitrogens is 3. The number of hydrogen-bond donors (Lipinski definition) is 1. The third kappa shape index (κ3) is 3.23. The molecule has 0 fully saturated rings. The van der Waals surface area contributed by atoms with Gasteiger partial charge in [-0.2, -0.15) is 0 Å². The van der Waals surface area contributed by atoms with Crippen molar-refractivity contribution in [2.45, 2.75) is 11.3 Å². The Bertz CT molecular complexity index is 1110. The molecule has 0 aliphatic carbocycles. The summed E-state index contributed by atoms with van der Waals surface area (Å²) in [4.78, 5) is 2.13. The molecule has 4 rings (SSSR count). The first-order chi connectivity index (χ1) is 12.6. The van der Waals surface area contributed by atoms with Crippen molar-refractivity contribution in [3.05, 3.63) is 77.9 Å². The lowest BCUT2D eigenvalue weighted by molar-refractivity contribution is 0.467. The van der Waals surface area contributed by atoms with Crippen molar-refractivity contribution < 1.29 is 9.32 Å². The maximum atomic E-state index is 11.7. The van der Waals surface area contributed by atoms with Crippen LogP contribution in [0.15, 0.2) is 71.6 Å². The van der Waals surface area contributed by atoms with Crippen LogP contribution in [-0.4, -0.2) is 30.6 Å². The largest absolute Gasteiger partial charge is 0.506 e. The van der Waals surface area contributed by atoms with Gasteiger partial charge in [0.25, 0.3) is 0 Å². The number of phenols is 1. The second-order valence-corrected chi connectivity index (χ2v) is 7.46. The molecule has 26 heavy (non-hydrogen) atoms. The number of hydrogen-bond acceptors (Lipinski definition) is 4. The Morgan fingerprint density at radius 2 is 1.69 bits per heavy atom. The lowest BCUT2D eigenvalue weighted by atomic mass is 10.0. The first kappa shape index (κ1) is 16.5. The molecule has 3 aromatic carbocycles. The first-order valence-corrected chi connectivity index (χ1v) is 9.73. The number of rotatable bonds is 4. The minimum Gasteiger partial charge on any atom is -0.506 e. The molecule has 1 unspecified atom stereocenters. The fourth-order valence-corrected chi connectivity index (χ4v) is 3.39. The van der Waals surface area contributed by atoms with Crippen molar-refractivity contribution in [1.29, 1.82) is 0 Å². The second kappa shape index (κ2) is 6.72. The highest BCUT2D eigenvalue weighted by Gasteiger charge is 2.11. The minimum absolute atomic E-state index is 0.112. The molecule has 1 atom stereocenters. The van der Waals surface area contributed by atoms with Gasteiger partial charge >= 0.3 is 0 Å². The van der Waals surface area contributed by atoms with Crippen LogP contribution < -0.4 is 0 Å². The normalized spacial score (nSPS) is 12.3. The SMILES string of the molecule is CS(=O)c1ccc2nn(-c3cc(Cc4ccccc4)ccc3O)nc2c1. The van der Waals surface area contributed by atoms with Gasteiger partial charge in [-0.1, -0.05) is 36.4 Å². The summed E-state index contributed by atoms with van der Waals surface area (Å²) in [6.45, 7) is 0. The summed E-state index contributed by atoms with van der Waals surface area (Å²) in [6.07, 6.45) is 2.39. The third-order valence-electron chi connectivity index (χ3n) is 4.19. The van der Waals surface area contributed by atoms with Crippen molar-refractivity contribution in [1.82, 2.24) is 15.0 Å². The molecule has 4 aromatic rings. The van der Waals surface area contributed by atoms with Crippen LogP contribution in [0.5, 0.6) is 5.75 Å². The Labute approximate surface area is 153 Å². The van der Waals surface area contributed by atoms with Crippen molar-refractivity contribution in [2.75, 3.05) is 6.26 Å². The van der Waals surface area contributed by atoms with E-state index in [4.69, 9.17) is 0 Å². The summed E-state index contributed by atoms with van der Waals surface area (Å²) in [5.74, 6) is 0.112. The average molecular weight is 363 g/mol. The number of fused-ring (bicyclic) bond motifs is 1. The Morgan fingerprint density at radius 3 is 2.46 bits per heavy atom. The monoisotopic (exact) mass is 363 g/mol. The molecule has 0 bridgehead atoms. The molecular formula is C20H17N3O2S. The summed E-state index contributed by atoms with van der Waals surface area (Å²) in [7, 11) is -1.08. The van der Waals surface area contributed by atoms with Crippen LogP contribution in [0.3, 0.4) is 0 Å². The zero-order chi connectivity index (χ0) is 18.1. The zero-order valence-electron chi connectivity index (χ0n) is 14.2. The summed E-state index contributed by atoms with van der Waals surface area (Å²) >= 11 is 0. The molecule has 0 aliphatic heterocycles. The Kier molecular flexibility index (Phi) is 4.26. The summed E-state index contributed by atoms with van der Waals surface area (Å²) in [5, 5.41) is 19.2. The van der Waals surface area contributed by atoms with E-state index in [9.17, 15) is 9.32 Å². The van der Waals surface area contributed by atoms with E-state index < -0.39 is 10.8 Å². The fourth-order valence-electron chi connectivity index (χ4n) is 2.85. The van der Waals surface area contributed by atoms with Crippen molar-refractivity contribution in [3.63, 3.8) is 0 Å². The number of nitrogens with zero attached hydrogens (tertiary/aromatic N) is 3. The van der Waals surface area contributed by atoms with Crippen LogP contribution in [0.1, 0.15) is 11.1 Å². The lowest BCUT2D eigenvalue weighted by Gasteiger charge is -2.07. The summed E-state index contributed by atoms with van der Waals surface area (Å²) < 4.78 is 11.7. The first-order valence-electron chi connectivity index (χ1n) is 8.17. The van der Waals surface area contributed by atoms with E-state index in [2.05, 4.69) is 22.3 Å². The number of benzene rings is 3. The molecule has 0 radical (unpaired) electrons. The van der Waals surface area contributed by atoms with Gasteiger partial charge in [-0.3, -0.25) is 4.21 Å². The van der Waals surface area contributed by atoms with E-state index in [1.807, 2.05) is 30.3 Å². The molecule has 1 aromatic heterocycles. The van der Waals surface area contributed by atoms with Gasteiger partial charge in [0.05, 0.1) is 0 Å². The maximum Gasteiger partial charge on any atom is 0.143 e. The van der Waals surface area contributed by atoms with Gasteiger partial charge in [0.15, 0.2) is 0 Å². The van der Waals surface area contributed by atoms with E-state index >= 15 is 0 Å². The van der Waals surface area contributed by atoms with Gasteiger partial charge < -0.3 is 5.11 Å². The second-order valence-electron chi connectivity index (χ2n) is 6.08. The molecule has 0 spiro atoms. The van der Waals surface area contributed by atoms with Gasteiger partial charge in [-0.15, -0.1) is 15.0 Å². The molecule has 0 amide bonds. The lowest BCUT2D eigenvalue weighted by Crippen LogP contribution is -2.00. The van der Waals surface area contributed by atoms with Crippen molar-refractivity contribution >= 4 is 21.8 Å². The van der Waals surface area contributed by atoms with E-state index in [1.54, 1.807) is 30.5 Å². The van der Waals surface area contributed by atoms with E-state index in [0.717, 1.165) is 12.0 Å². The zero-order valence-corrected chi connectivity index (χ0v) is 15.0. The van der Waals surface area contributed by atoms with Gasteiger partial charge in [0, 0.05) is 22.0 Å². The topological polar surface area (TPSA) is 68.0 Å². The standard InChI is InChI=1S/C20H17N3O2S/c1-26(25)16-8-9-17-18(13-16)22-23(21-17)19-12-15(7-10-20(19)24)11-14-5-3-2-4-6-14/h2-10,12-13,24H,11H2,1H3. The van der Waals surface area contributed by atoms with E-state index in [0.29, 0.717) is 21.6 Å². The molecular weight excluding hydrogens is 346 g/mol. The van der Waals surface area contributed by atoms with Crippen LogP contribution in [0.25, 0.3) is 16.7 Å². The van der Waals surface area contributed by atoms with Crippen LogP contribution >= 0.6 is 0 Å². The average Bonchev–Trinajstić information content (AvgIpc) is 3.07. The number of aromatic hydroxyl groups is 1. The Morgan fingerprint density at radius 1 is 0.923 bits per heavy atom. The van der Waals surface area contributed by atoms with Crippen LogP contribution in [0.2, 0.25) is 0 Å². The minimum atomic E-state index is -1.08. The van der Waals surface area contributed by atoms with Crippen molar-refractivity contribution in [2.24, 2.45) is 0 Å². The van der Waals surface area contributed by atoms with Gasteiger partial charge in [0.1, 0.15) is 22.5 Å². The molecule has 1 heterocycles. The van der Waals surface area contributed by atoms with Crippen molar-refractivity contribution in [3.8, 4) is 11.4 Å². The van der Waals surface area contributed by atoms with Gasteiger partial charge in [-0.25, -0.2) is 0 Å². The molecule has 0 saturated heterocycles. The van der Waals surface area contributed by atoms with Crippen LogP contribution in [-0.2, 0) is 17.2 Å². The van der Waals surface area contributed by atoms with Gasteiger partial charge in [0.2, 0.25) is 0 Å². The molecule has 1 N–H and O–H groups in total. The highest BCUT2D eigenvalue weighted by atomic mass is 32.2. The van der Waals surface area contributed by atoms with E-state index in [1.165, 1.54) is 10.4 Å². The van der Waals surface area contributed by atoms with E-state index in [-0.39, 0.29) is 5.75 Å². The predicted octanol–water partition coefficient (Wildman–Crippen LogP) is 3.45. The molecule has 130 valence electrons.